The summed E-state index contributed by atoms with van der Waals surface area (Å²) in [6, 6.07) is 11.6. The largest absolute Gasteiger partial charge is 0.497 e. The van der Waals surface area contributed by atoms with E-state index in [1.807, 2.05) is 38.2 Å². The standard InChI is InChI=1S/C21H23FN4O3S/c1-13-5-6-15(22)11-18(13)23-19(27)12-30-21-25-24-20(26(21)3)14(2)29-17-9-7-16(28-4)8-10-17/h5-11,14H,12H2,1-4H3,(H,23,27). The second kappa shape index (κ2) is 9.62. The van der Waals surface area contributed by atoms with Gasteiger partial charge < -0.3 is 19.4 Å². The van der Waals surface area contributed by atoms with Gasteiger partial charge in [-0.2, -0.15) is 0 Å². The number of ether oxygens (including phenoxy) is 2. The molecule has 0 spiro atoms. The van der Waals surface area contributed by atoms with E-state index in [1.165, 1.54) is 23.9 Å². The molecular weight excluding hydrogens is 407 g/mol. The average molecular weight is 431 g/mol. The van der Waals surface area contributed by atoms with Crippen LogP contribution < -0.4 is 14.8 Å². The van der Waals surface area contributed by atoms with Crippen LogP contribution in [-0.2, 0) is 11.8 Å². The number of aromatic nitrogens is 3. The van der Waals surface area contributed by atoms with Crippen LogP contribution in [0.3, 0.4) is 0 Å². The minimum absolute atomic E-state index is 0.121. The molecule has 1 N–H and O–H groups in total. The molecular formula is C21H23FN4O3S. The molecule has 1 atom stereocenters. The zero-order chi connectivity index (χ0) is 21.7. The molecule has 0 aliphatic rings. The molecule has 0 saturated heterocycles. The van der Waals surface area contributed by atoms with Crippen LogP contribution in [0.2, 0.25) is 0 Å². The van der Waals surface area contributed by atoms with Crippen molar-refractivity contribution in [2.45, 2.75) is 25.1 Å². The molecule has 7 nitrogen and oxygen atoms in total. The fourth-order valence-electron chi connectivity index (χ4n) is 2.76. The molecule has 2 aromatic carbocycles. The third-order valence-electron chi connectivity index (χ3n) is 4.41. The van der Waals surface area contributed by atoms with E-state index >= 15 is 0 Å². The summed E-state index contributed by atoms with van der Waals surface area (Å²) in [5, 5.41) is 11.7. The Bertz CT molecular complexity index is 1020. The van der Waals surface area contributed by atoms with Crippen molar-refractivity contribution in [1.29, 1.82) is 0 Å². The summed E-state index contributed by atoms with van der Waals surface area (Å²) >= 11 is 1.25. The van der Waals surface area contributed by atoms with Gasteiger partial charge in [0.15, 0.2) is 17.1 Å². The van der Waals surface area contributed by atoms with E-state index in [0.29, 0.717) is 22.4 Å². The Morgan fingerprint density at radius 1 is 1.20 bits per heavy atom. The van der Waals surface area contributed by atoms with E-state index in [1.54, 1.807) is 24.7 Å². The highest BCUT2D eigenvalue weighted by molar-refractivity contribution is 7.99. The first kappa shape index (κ1) is 21.6. The summed E-state index contributed by atoms with van der Waals surface area (Å²) in [5.41, 5.74) is 1.25. The van der Waals surface area contributed by atoms with Gasteiger partial charge in [-0.15, -0.1) is 10.2 Å². The first-order valence-corrected chi connectivity index (χ1v) is 10.2. The number of methoxy groups -OCH3 is 1. The van der Waals surface area contributed by atoms with Crippen LogP contribution in [-0.4, -0.2) is 33.5 Å². The second-order valence-electron chi connectivity index (χ2n) is 6.63. The molecule has 0 radical (unpaired) electrons. The SMILES string of the molecule is COc1ccc(OC(C)c2nnc(SCC(=O)Nc3cc(F)ccc3C)n2C)cc1. The third kappa shape index (κ3) is 5.29. The maximum atomic E-state index is 13.4. The Kier molecular flexibility index (Phi) is 6.94. The third-order valence-corrected chi connectivity index (χ3v) is 5.43. The molecule has 0 aliphatic carbocycles. The van der Waals surface area contributed by atoms with Crippen molar-refractivity contribution in [3.8, 4) is 11.5 Å². The average Bonchev–Trinajstić information content (AvgIpc) is 3.10. The molecule has 0 saturated carbocycles. The number of nitrogens with zero attached hydrogens (tertiary/aromatic N) is 3. The predicted molar refractivity (Wildman–Crippen MR) is 114 cm³/mol. The number of halogens is 1. The number of nitrogens with one attached hydrogen (secondary N) is 1. The summed E-state index contributed by atoms with van der Waals surface area (Å²) in [4.78, 5) is 12.2. The van der Waals surface area contributed by atoms with Crippen molar-refractivity contribution < 1.29 is 18.7 Å². The van der Waals surface area contributed by atoms with Crippen molar-refractivity contribution in [3.05, 3.63) is 59.7 Å². The number of carbonyl (C=O) groups is 1. The highest BCUT2D eigenvalue weighted by Gasteiger charge is 2.18. The van der Waals surface area contributed by atoms with Gasteiger partial charge in [0.25, 0.3) is 0 Å². The molecule has 1 amide bonds. The summed E-state index contributed by atoms with van der Waals surface area (Å²) in [5.74, 6) is 1.54. The van der Waals surface area contributed by atoms with Crippen LogP contribution in [0, 0.1) is 12.7 Å². The molecule has 0 bridgehead atoms. The van der Waals surface area contributed by atoms with Crippen molar-refractivity contribution in [3.63, 3.8) is 0 Å². The number of amides is 1. The van der Waals surface area contributed by atoms with Crippen LogP contribution >= 0.6 is 11.8 Å². The predicted octanol–water partition coefficient (Wildman–Crippen LogP) is 4.14. The lowest BCUT2D eigenvalue weighted by molar-refractivity contribution is -0.113. The second-order valence-corrected chi connectivity index (χ2v) is 7.57. The zero-order valence-corrected chi connectivity index (χ0v) is 18.0. The molecule has 1 aromatic heterocycles. The summed E-state index contributed by atoms with van der Waals surface area (Å²) in [6.07, 6.45) is -0.339. The van der Waals surface area contributed by atoms with E-state index < -0.39 is 5.82 Å². The quantitative estimate of drug-likeness (QED) is 0.541. The van der Waals surface area contributed by atoms with Gasteiger partial charge in [0.2, 0.25) is 5.91 Å². The number of anilines is 1. The smallest absolute Gasteiger partial charge is 0.234 e. The zero-order valence-electron chi connectivity index (χ0n) is 17.2. The lowest BCUT2D eigenvalue weighted by Gasteiger charge is -2.14. The van der Waals surface area contributed by atoms with Gasteiger partial charge in [0.1, 0.15) is 17.3 Å². The number of carbonyl (C=O) groups excluding carboxylic acids is 1. The number of hydrogen-bond acceptors (Lipinski definition) is 6. The first-order chi connectivity index (χ1) is 14.4. The molecule has 3 rings (SSSR count). The lowest BCUT2D eigenvalue weighted by atomic mass is 10.2. The fraction of sp³-hybridized carbons (Fsp3) is 0.286. The van der Waals surface area contributed by atoms with Gasteiger partial charge in [0, 0.05) is 12.7 Å². The van der Waals surface area contributed by atoms with Gasteiger partial charge in [-0.25, -0.2) is 4.39 Å². The fourth-order valence-corrected chi connectivity index (χ4v) is 3.48. The Hall–Kier alpha value is -3.07. The van der Waals surface area contributed by atoms with Crippen LogP contribution in [0.4, 0.5) is 10.1 Å². The van der Waals surface area contributed by atoms with Gasteiger partial charge in [0.05, 0.1) is 12.9 Å². The maximum absolute atomic E-state index is 13.4. The summed E-state index contributed by atoms with van der Waals surface area (Å²) < 4.78 is 26.2. The maximum Gasteiger partial charge on any atom is 0.234 e. The topological polar surface area (TPSA) is 78.3 Å². The monoisotopic (exact) mass is 430 g/mol. The van der Waals surface area contributed by atoms with Gasteiger partial charge in [-0.3, -0.25) is 4.79 Å². The van der Waals surface area contributed by atoms with Crippen LogP contribution in [0.15, 0.2) is 47.6 Å². The molecule has 0 aliphatic heterocycles. The Balaban J connectivity index is 1.59. The minimum atomic E-state index is -0.396. The number of benzene rings is 2. The van der Waals surface area contributed by atoms with Gasteiger partial charge in [-0.1, -0.05) is 17.8 Å². The van der Waals surface area contributed by atoms with Crippen LogP contribution in [0.1, 0.15) is 24.4 Å². The van der Waals surface area contributed by atoms with E-state index in [2.05, 4.69) is 15.5 Å². The molecule has 3 aromatic rings. The van der Waals surface area contributed by atoms with E-state index in [-0.39, 0.29) is 17.8 Å². The van der Waals surface area contributed by atoms with Crippen molar-refractivity contribution >= 4 is 23.4 Å². The van der Waals surface area contributed by atoms with E-state index in [4.69, 9.17) is 9.47 Å². The minimum Gasteiger partial charge on any atom is -0.497 e. The molecule has 158 valence electrons. The summed E-state index contributed by atoms with van der Waals surface area (Å²) in [6.45, 7) is 3.68. The molecule has 30 heavy (non-hydrogen) atoms. The first-order valence-electron chi connectivity index (χ1n) is 9.26. The highest BCUT2D eigenvalue weighted by atomic mass is 32.2. The molecule has 0 fully saturated rings. The Labute approximate surface area is 178 Å². The highest BCUT2D eigenvalue weighted by Crippen LogP contribution is 2.25. The molecule has 1 heterocycles. The number of hydrogen-bond donors (Lipinski definition) is 1. The Morgan fingerprint density at radius 2 is 1.90 bits per heavy atom. The number of aryl methyl sites for hydroxylation is 1. The summed E-state index contributed by atoms with van der Waals surface area (Å²) in [7, 11) is 3.43. The van der Waals surface area contributed by atoms with Crippen molar-refractivity contribution in [2.75, 3.05) is 18.2 Å². The molecule has 1 unspecified atom stereocenters. The van der Waals surface area contributed by atoms with Crippen LogP contribution in [0.5, 0.6) is 11.5 Å². The van der Waals surface area contributed by atoms with E-state index in [9.17, 15) is 9.18 Å². The van der Waals surface area contributed by atoms with E-state index in [0.717, 1.165) is 11.3 Å². The van der Waals surface area contributed by atoms with Gasteiger partial charge >= 0.3 is 0 Å². The Morgan fingerprint density at radius 3 is 2.60 bits per heavy atom. The number of thioether (sulfide) groups is 1. The number of rotatable bonds is 8. The lowest BCUT2D eigenvalue weighted by Crippen LogP contribution is -2.15. The van der Waals surface area contributed by atoms with Crippen LogP contribution in [0.25, 0.3) is 0 Å². The van der Waals surface area contributed by atoms with Crippen molar-refractivity contribution in [1.82, 2.24) is 14.8 Å². The van der Waals surface area contributed by atoms with Gasteiger partial charge in [-0.05, 0) is 55.8 Å². The molecule has 9 heteroatoms. The van der Waals surface area contributed by atoms with Crippen molar-refractivity contribution in [2.24, 2.45) is 7.05 Å². The normalized spacial score (nSPS) is 11.8.